The molecule has 2 heterocycles. The van der Waals surface area contributed by atoms with Crippen molar-refractivity contribution >= 4 is 43.9 Å². The molecule has 2 aromatic heterocycles. The number of aromatic nitrogens is 4. The molecule has 0 radical (unpaired) electrons. The van der Waals surface area contributed by atoms with Gasteiger partial charge < -0.3 is 9.11 Å². The maximum atomic E-state index is 11.5. The smallest absolute Gasteiger partial charge is 0.339 e. The van der Waals surface area contributed by atoms with Gasteiger partial charge in [0, 0.05) is 21.2 Å². The van der Waals surface area contributed by atoms with Crippen LogP contribution in [0.15, 0.2) is 58.1 Å². The summed E-state index contributed by atoms with van der Waals surface area (Å²) in [6, 6.07) is 14.5. The lowest BCUT2D eigenvalue weighted by molar-refractivity contribution is -0.478. The van der Waals surface area contributed by atoms with E-state index >= 15 is 0 Å². The number of H-pyrrole nitrogens is 2. The zero-order valence-electron chi connectivity index (χ0n) is 19.1. The van der Waals surface area contributed by atoms with E-state index in [1.54, 1.807) is 24.3 Å². The summed E-state index contributed by atoms with van der Waals surface area (Å²) in [5.74, 6) is 0.245. The van der Waals surface area contributed by atoms with Crippen LogP contribution in [-0.2, 0) is 23.5 Å². The summed E-state index contributed by atoms with van der Waals surface area (Å²) in [5, 5.41) is 15.6. The summed E-state index contributed by atoms with van der Waals surface area (Å²) in [5.41, 5.74) is 22.2. The number of nitrogens with zero attached hydrogens (tertiary/aromatic N) is 2. The molecule has 17 heteroatoms. The van der Waals surface area contributed by atoms with E-state index in [2.05, 4.69) is 30.4 Å². The van der Waals surface area contributed by atoms with Crippen molar-refractivity contribution in [1.29, 1.82) is 0 Å². The third-order valence-corrected chi connectivity index (χ3v) is 4.47. The van der Waals surface area contributed by atoms with Crippen molar-refractivity contribution in [3.8, 4) is 0 Å². The van der Waals surface area contributed by atoms with Gasteiger partial charge >= 0.3 is 11.9 Å². The van der Waals surface area contributed by atoms with Gasteiger partial charge in [-0.25, -0.2) is 10.2 Å². The van der Waals surface area contributed by atoms with Gasteiger partial charge in [0.05, 0.1) is 10.8 Å². The fourth-order valence-electron chi connectivity index (χ4n) is 2.98. The van der Waals surface area contributed by atoms with Gasteiger partial charge in [-0.3, -0.25) is 50.9 Å². The monoisotopic (exact) mass is 532 g/mol. The van der Waals surface area contributed by atoms with E-state index < -0.39 is 10.4 Å². The fraction of sp³-hybridized carbons (Fsp3) is 0.100. The van der Waals surface area contributed by atoms with E-state index in [0.29, 0.717) is 35.2 Å². The van der Waals surface area contributed by atoms with Gasteiger partial charge in [0.2, 0.25) is 0 Å². The second-order valence-corrected chi connectivity index (χ2v) is 7.93. The van der Waals surface area contributed by atoms with E-state index in [1.807, 2.05) is 24.3 Å². The van der Waals surface area contributed by atoms with Crippen molar-refractivity contribution in [2.45, 2.75) is 13.1 Å². The quantitative estimate of drug-likeness (QED) is 0.0527. The number of rotatable bonds is 4. The van der Waals surface area contributed by atoms with E-state index in [4.69, 9.17) is 40.5 Å². The van der Waals surface area contributed by atoms with Gasteiger partial charge in [-0.15, -0.1) is 0 Å². The van der Waals surface area contributed by atoms with E-state index in [-0.39, 0.29) is 23.0 Å². The highest BCUT2D eigenvalue weighted by atomic mass is 32.3. The molecule has 0 saturated carbocycles. The maximum Gasteiger partial charge on any atom is 0.339 e. The van der Waals surface area contributed by atoms with Crippen molar-refractivity contribution < 1.29 is 27.5 Å². The third-order valence-electron chi connectivity index (χ3n) is 4.47. The topological polar surface area (TPSA) is 304 Å². The average Bonchev–Trinajstić information content (AvgIpc) is 2.83. The van der Waals surface area contributed by atoms with Crippen LogP contribution >= 0.6 is 0 Å². The second kappa shape index (κ2) is 12.7. The molecule has 16 nitrogen and oxygen atoms in total. The second-order valence-electron chi connectivity index (χ2n) is 7.12. The lowest BCUT2D eigenvalue weighted by Gasteiger charge is -2.06. The Labute approximate surface area is 208 Å². The molecule has 37 heavy (non-hydrogen) atoms. The summed E-state index contributed by atoms with van der Waals surface area (Å²) in [6.45, 7) is 0.749. The first kappa shape index (κ1) is 28.4. The van der Waals surface area contributed by atoms with Crippen LogP contribution in [0.4, 0.5) is 0 Å². The van der Waals surface area contributed by atoms with Gasteiger partial charge in [0.1, 0.15) is 24.5 Å². The first-order chi connectivity index (χ1) is 17.4. The Morgan fingerprint density at radius 3 is 1.30 bits per heavy atom. The third kappa shape index (κ3) is 9.36. The van der Waals surface area contributed by atoms with Crippen LogP contribution < -0.4 is 44.0 Å². The summed E-state index contributed by atoms with van der Waals surface area (Å²) in [6.07, 6.45) is 0. The predicted molar refractivity (Wildman–Crippen MR) is 131 cm³/mol. The Kier molecular flexibility index (Phi) is 9.75. The lowest BCUT2D eigenvalue weighted by atomic mass is 10.1. The number of aromatic amines is 2. The van der Waals surface area contributed by atoms with E-state index in [0.717, 1.165) is 10.8 Å². The van der Waals surface area contributed by atoms with Gasteiger partial charge in [0.25, 0.3) is 11.1 Å². The van der Waals surface area contributed by atoms with Gasteiger partial charge in [0.15, 0.2) is 0 Å². The highest BCUT2D eigenvalue weighted by Crippen LogP contribution is 2.11. The zero-order chi connectivity index (χ0) is 27.6. The van der Waals surface area contributed by atoms with Gasteiger partial charge in [-0.2, -0.15) is 10.2 Å². The van der Waals surface area contributed by atoms with Crippen LogP contribution in [0.3, 0.4) is 0 Å². The molecule has 0 aliphatic rings. The molecule has 2 aromatic carbocycles. The van der Waals surface area contributed by atoms with Crippen molar-refractivity contribution in [2.75, 3.05) is 0 Å². The molecule has 4 aromatic rings. The maximum absolute atomic E-state index is 11.5. The average molecular weight is 533 g/mol. The minimum Gasteiger partial charge on any atom is -0.759 e. The molecule has 0 unspecified atom stereocenters. The molecule has 0 aliphatic carbocycles. The summed E-state index contributed by atoms with van der Waals surface area (Å²) in [7, 11) is -5.17. The largest absolute Gasteiger partial charge is 0.759 e. The SMILES string of the molecule is NC(N)=[NH+]Cc1n[nH]c(=O)c2ccccc12.NC(N)=[NH+]Cc1n[nH]c(=O)c2ccccc12.O=S(=O)([O-])[O-]. The summed E-state index contributed by atoms with van der Waals surface area (Å²) in [4.78, 5) is 28.5. The molecule has 0 atom stereocenters. The first-order valence-electron chi connectivity index (χ1n) is 10.2. The molecule has 0 bridgehead atoms. The molecule has 0 saturated heterocycles. The number of hydrogen-bond donors (Lipinski definition) is 8. The Morgan fingerprint density at radius 1 is 0.703 bits per heavy atom. The van der Waals surface area contributed by atoms with E-state index in [9.17, 15) is 9.59 Å². The van der Waals surface area contributed by atoms with Crippen LogP contribution in [-0.4, -0.2) is 49.8 Å². The Hall–Kier alpha value is -4.87. The minimum absolute atomic E-state index is 0.122. The van der Waals surface area contributed by atoms with Gasteiger partial charge in [-0.1, -0.05) is 36.4 Å². The predicted octanol–water partition coefficient (Wildman–Crippen LogP) is -5.78. The minimum atomic E-state index is -5.17. The molecular weight excluding hydrogens is 508 g/mol. The van der Waals surface area contributed by atoms with Crippen molar-refractivity contribution in [2.24, 2.45) is 22.9 Å². The van der Waals surface area contributed by atoms with Crippen LogP contribution in [0, 0.1) is 0 Å². The fourth-order valence-corrected chi connectivity index (χ4v) is 2.98. The van der Waals surface area contributed by atoms with Crippen molar-refractivity contribution in [3.63, 3.8) is 0 Å². The Balaban J connectivity index is 0.000000221. The molecule has 0 aliphatic heterocycles. The van der Waals surface area contributed by atoms with E-state index in [1.165, 1.54) is 0 Å². The van der Waals surface area contributed by atoms with Crippen molar-refractivity contribution in [3.05, 3.63) is 80.6 Å². The summed E-state index contributed by atoms with van der Waals surface area (Å²) < 4.78 is 34.1. The lowest BCUT2D eigenvalue weighted by Crippen LogP contribution is -2.76. The Bertz CT molecular complexity index is 1540. The standard InChI is InChI=1S/2C10H11N5O.H2O4S/c2*11-10(12)13-5-8-6-3-1-2-4-7(6)9(16)15-14-8;1-5(2,3)4/h2*1-4H,5H2,(H,15,16)(H4,11,12,13);(H2,1,2,3,4). The number of hydrogen-bond acceptors (Lipinski definition) is 8. The number of fused-ring (bicyclic) bond motifs is 2. The number of guanidine groups is 2. The molecule has 0 amide bonds. The number of nitrogens with two attached hydrogens (primary N) is 4. The molecule has 12 N–H and O–H groups in total. The highest BCUT2D eigenvalue weighted by molar-refractivity contribution is 7.79. The number of nitrogens with one attached hydrogen (secondary N) is 4. The molecule has 4 rings (SSSR count). The molecule has 196 valence electrons. The van der Waals surface area contributed by atoms with Crippen LogP contribution in [0.1, 0.15) is 11.4 Å². The highest BCUT2D eigenvalue weighted by Gasteiger charge is 2.06. The number of benzene rings is 2. The van der Waals surface area contributed by atoms with Crippen molar-refractivity contribution in [1.82, 2.24) is 20.4 Å². The molecular formula is C20H24N10O6S. The van der Waals surface area contributed by atoms with Gasteiger partial charge in [-0.05, 0) is 12.1 Å². The van der Waals surface area contributed by atoms with Crippen LogP contribution in [0.25, 0.3) is 21.5 Å². The van der Waals surface area contributed by atoms with Crippen LogP contribution in [0.2, 0.25) is 0 Å². The Morgan fingerprint density at radius 2 is 1.00 bits per heavy atom. The summed E-state index contributed by atoms with van der Waals surface area (Å²) >= 11 is 0. The molecule has 0 fully saturated rings. The first-order valence-corrected chi connectivity index (χ1v) is 11.5. The zero-order valence-corrected chi connectivity index (χ0v) is 19.9. The van der Waals surface area contributed by atoms with Crippen LogP contribution in [0.5, 0.6) is 0 Å². The molecule has 0 spiro atoms. The normalized spacial score (nSPS) is 10.4.